The maximum atomic E-state index is 11.8. The Morgan fingerprint density at radius 3 is 2.76 bits per heavy atom. The highest BCUT2D eigenvalue weighted by molar-refractivity contribution is 5.93. The van der Waals surface area contributed by atoms with Crippen molar-refractivity contribution < 1.29 is 23.4 Å². The van der Waals surface area contributed by atoms with Crippen LogP contribution in [0.2, 0.25) is 0 Å². The lowest BCUT2D eigenvalue weighted by molar-refractivity contribution is -0.0382. The summed E-state index contributed by atoms with van der Waals surface area (Å²) >= 11 is 0. The second-order valence-electron chi connectivity index (χ2n) is 4.29. The largest absolute Gasteiger partial charge is 0.465 e. The predicted molar refractivity (Wildman–Crippen MR) is 75.5 cm³/mol. The zero-order valence-electron chi connectivity index (χ0n) is 12.0. The Bertz CT molecular complexity index is 703. The molecule has 0 saturated heterocycles. The van der Waals surface area contributed by atoms with Crippen molar-refractivity contribution in [2.45, 2.75) is 20.1 Å². The van der Waals surface area contributed by atoms with Crippen molar-refractivity contribution in [1.82, 2.24) is 0 Å². The van der Waals surface area contributed by atoms with Crippen molar-refractivity contribution in [3.63, 3.8) is 0 Å². The minimum absolute atomic E-state index is 0.122. The third-order valence-corrected chi connectivity index (χ3v) is 2.84. The average molecular weight is 292 g/mol. The summed E-state index contributed by atoms with van der Waals surface area (Å²) in [6.07, 6.45) is -0.423. The highest BCUT2D eigenvalue weighted by Gasteiger charge is 2.15. The molecule has 112 valence electrons. The molecule has 0 aliphatic heterocycles. The summed E-state index contributed by atoms with van der Waals surface area (Å²) in [4.78, 5) is 23.4. The standard InChI is InChI=1S/C15H16O6/c1-4-19-14(16)12-7-10-5-6-11(20-9(2)18-3)8-13(10)21-15(12)17/h5-9H,4H2,1-3H3. The molecule has 21 heavy (non-hydrogen) atoms. The number of benzene rings is 1. The molecule has 1 aromatic heterocycles. The van der Waals surface area contributed by atoms with Crippen LogP contribution in [0.5, 0.6) is 5.75 Å². The Kier molecular flexibility index (Phi) is 4.59. The van der Waals surface area contributed by atoms with E-state index in [0.29, 0.717) is 16.7 Å². The maximum absolute atomic E-state index is 11.8. The van der Waals surface area contributed by atoms with Crippen molar-refractivity contribution in [2.24, 2.45) is 0 Å². The summed E-state index contributed by atoms with van der Waals surface area (Å²) in [6, 6.07) is 6.41. The van der Waals surface area contributed by atoms with Gasteiger partial charge >= 0.3 is 11.6 Å². The molecule has 6 heteroatoms. The van der Waals surface area contributed by atoms with Crippen molar-refractivity contribution in [3.8, 4) is 5.75 Å². The number of carbonyl (C=O) groups excluding carboxylic acids is 1. The van der Waals surface area contributed by atoms with E-state index >= 15 is 0 Å². The first-order chi connectivity index (χ1) is 10.0. The Labute approximate surface area is 121 Å². The summed E-state index contributed by atoms with van der Waals surface area (Å²) in [7, 11) is 1.53. The van der Waals surface area contributed by atoms with E-state index in [1.54, 1.807) is 32.0 Å². The molecular formula is C15H16O6. The zero-order chi connectivity index (χ0) is 15.4. The highest BCUT2D eigenvalue weighted by Crippen LogP contribution is 2.21. The number of rotatable bonds is 5. The molecule has 0 saturated carbocycles. The molecule has 0 fully saturated rings. The van der Waals surface area contributed by atoms with Crippen LogP contribution in [0.25, 0.3) is 11.0 Å². The van der Waals surface area contributed by atoms with Gasteiger partial charge in [0.2, 0.25) is 0 Å². The first-order valence-corrected chi connectivity index (χ1v) is 6.49. The fraction of sp³-hybridized carbons (Fsp3) is 0.333. The van der Waals surface area contributed by atoms with E-state index in [2.05, 4.69) is 0 Å². The Hall–Kier alpha value is -2.34. The summed E-state index contributed by atoms with van der Waals surface area (Å²) in [5, 5.41) is 0.607. The average Bonchev–Trinajstić information content (AvgIpc) is 2.46. The Morgan fingerprint density at radius 2 is 2.10 bits per heavy atom. The van der Waals surface area contributed by atoms with Gasteiger partial charge in [-0.25, -0.2) is 9.59 Å². The summed E-state index contributed by atoms with van der Waals surface area (Å²) in [5.41, 5.74) is -0.532. The third-order valence-electron chi connectivity index (χ3n) is 2.84. The van der Waals surface area contributed by atoms with Gasteiger partial charge in [-0.05, 0) is 32.0 Å². The monoisotopic (exact) mass is 292 g/mol. The van der Waals surface area contributed by atoms with E-state index in [-0.39, 0.29) is 12.2 Å². The molecule has 6 nitrogen and oxygen atoms in total. The normalized spacial score (nSPS) is 12.1. The second-order valence-corrected chi connectivity index (χ2v) is 4.29. The van der Waals surface area contributed by atoms with Crippen LogP contribution < -0.4 is 10.4 Å². The van der Waals surface area contributed by atoms with Crippen LogP contribution in [-0.2, 0) is 9.47 Å². The number of esters is 1. The van der Waals surface area contributed by atoms with Gasteiger partial charge in [-0.2, -0.15) is 0 Å². The molecule has 1 aromatic carbocycles. The van der Waals surface area contributed by atoms with Crippen LogP contribution in [0.4, 0.5) is 0 Å². The fourth-order valence-electron chi connectivity index (χ4n) is 1.76. The van der Waals surface area contributed by atoms with Crippen LogP contribution >= 0.6 is 0 Å². The number of methoxy groups -OCH3 is 1. The van der Waals surface area contributed by atoms with Gasteiger partial charge in [0, 0.05) is 18.6 Å². The van der Waals surface area contributed by atoms with Crippen LogP contribution in [0.3, 0.4) is 0 Å². The van der Waals surface area contributed by atoms with Crippen LogP contribution in [0.15, 0.2) is 33.5 Å². The lowest BCUT2D eigenvalue weighted by Gasteiger charge is -2.12. The van der Waals surface area contributed by atoms with E-state index in [9.17, 15) is 9.59 Å². The molecule has 0 radical (unpaired) electrons. The molecule has 0 aliphatic carbocycles. The SMILES string of the molecule is CCOC(=O)c1cc2ccc(OC(C)OC)cc2oc1=O. The van der Waals surface area contributed by atoms with Gasteiger partial charge < -0.3 is 18.6 Å². The van der Waals surface area contributed by atoms with Gasteiger partial charge in [0.1, 0.15) is 16.9 Å². The molecule has 1 atom stereocenters. The van der Waals surface area contributed by atoms with Crippen molar-refractivity contribution in [1.29, 1.82) is 0 Å². The van der Waals surface area contributed by atoms with E-state index in [4.69, 9.17) is 18.6 Å². The van der Waals surface area contributed by atoms with E-state index in [1.807, 2.05) is 0 Å². The lowest BCUT2D eigenvalue weighted by atomic mass is 10.2. The Balaban J connectivity index is 2.40. The number of hydrogen-bond acceptors (Lipinski definition) is 6. The smallest absolute Gasteiger partial charge is 0.351 e. The first-order valence-electron chi connectivity index (χ1n) is 6.49. The molecule has 1 heterocycles. The van der Waals surface area contributed by atoms with Gasteiger partial charge in [0.25, 0.3) is 0 Å². The molecule has 0 bridgehead atoms. The number of hydrogen-bond donors (Lipinski definition) is 0. The second kappa shape index (κ2) is 6.41. The first kappa shape index (κ1) is 15.1. The molecule has 2 aromatic rings. The van der Waals surface area contributed by atoms with Gasteiger partial charge in [-0.15, -0.1) is 0 Å². The fourth-order valence-corrected chi connectivity index (χ4v) is 1.76. The van der Waals surface area contributed by atoms with Crippen LogP contribution in [0.1, 0.15) is 24.2 Å². The van der Waals surface area contributed by atoms with E-state index in [1.165, 1.54) is 13.2 Å². The molecule has 0 spiro atoms. The van der Waals surface area contributed by atoms with Gasteiger partial charge in [-0.1, -0.05) is 0 Å². The molecular weight excluding hydrogens is 276 g/mol. The minimum atomic E-state index is -0.738. The van der Waals surface area contributed by atoms with Crippen molar-refractivity contribution >= 4 is 16.9 Å². The molecule has 0 amide bonds. The summed E-state index contributed by atoms with van der Waals surface area (Å²) in [5.74, 6) is -0.189. The minimum Gasteiger partial charge on any atom is -0.465 e. The number of carbonyl (C=O) groups is 1. The number of ether oxygens (including phenoxy) is 3. The molecule has 1 unspecified atom stereocenters. The van der Waals surface area contributed by atoms with Crippen LogP contribution in [0, 0.1) is 0 Å². The topological polar surface area (TPSA) is 75.0 Å². The van der Waals surface area contributed by atoms with Gasteiger partial charge in [0.05, 0.1) is 6.61 Å². The predicted octanol–water partition coefficient (Wildman–Crippen LogP) is 2.34. The van der Waals surface area contributed by atoms with Crippen molar-refractivity contribution in [3.05, 3.63) is 40.2 Å². The lowest BCUT2D eigenvalue weighted by Crippen LogP contribution is -2.16. The zero-order valence-corrected chi connectivity index (χ0v) is 12.0. The molecule has 0 aliphatic rings. The van der Waals surface area contributed by atoms with E-state index < -0.39 is 17.9 Å². The molecule has 0 N–H and O–H groups in total. The van der Waals surface area contributed by atoms with Crippen LogP contribution in [-0.4, -0.2) is 26.0 Å². The van der Waals surface area contributed by atoms with Crippen molar-refractivity contribution in [2.75, 3.05) is 13.7 Å². The summed E-state index contributed by atoms with van der Waals surface area (Å²) in [6.45, 7) is 3.60. The quantitative estimate of drug-likeness (QED) is 0.478. The van der Waals surface area contributed by atoms with E-state index in [0.717, 1.165) is 0 Å². The third kappa shape index (κ3) is 3.41. The van der Waals surface area contributed by atoms with Gasteiger partial charge in [-0.3, -0.25) is 0 Å². The van der Waals surface area contributed by atoms with Gasteiger partial charge in [0.15, 0.2) is 6.29 Å². The maximum Gasteiger partial charge on any atom is 0.351 e. The highest BCUT2D eigenvalue weighted by atomic mass is 16.7. The summed E-state index contributed by atoms with van der Waals surface area (Å²) < 4.78 is 20.4. The Morgan fingerprint density at radius 1 is 1.33 bits per heavy atom. The molecule has 2 rings (SSSR count). The number of fused-ring (bicyclic) bond motifs is 1.